The number of benzene rings is 4. The zero-order chi connectivity index (χ0) is 53.6. The number of aromatic nitrogens is 3. The van der Waals surface area contributed by atoms with E-state index in [0.29, 0.717) is 117 Å². The second-order valence-electron chi connectivity index (χ2n) is 19.5. The average Bonchev–Trinajstić information content (AvgIpc) is 4.06. The summed E-state index contributed by atoms with van der Waals surface area (Å²) < 4.78 is 31.9. The summed E-state index contributed by atoms with van der Waals surface area (Å²) in [5.41, 5.74) is 9.12. The number of hydrogen-bond acceptors (Lipinski definition) is 13. The van der Waals surface area contributed by atoms with Gasteiger partial charge in [-0.15, -0.1) is 11.3 Å². The van der Waals surface area contributed by atoms with Crippen molar-refractivity contribution in [1.82, 2.24) is 35.8 Å². The topological polar surface area (TPSA) is 198 Å². The summed E-state index contributed by atoms with van der Waals surface area (Å²) in [6.07, 6.45) is 3.66. The number of hydrogen-bond donors (Lipinski definition) is 4. The highest BCUT2D eigenvalue weighted by atomic mass is 35.5. The van der Waals surface area contributed by atoms with Gasteiger partial charge in [-0.05, 0) is 91.3 Å². The number of amides is 4. The largest absolute Gasteiger partial charge is 0.381 e. The Morgan fingerprint density at radius 1 is 0.855 bits per heavy atom. The quantitative estimate of drug-likeness (QED) is 0.0447. The van der Waals surface area contributed by atoms with Crippen LogP contribution >= 0.6 is 22.9 Å². The molecule has 0 aliphatic carbocycles. The van der Waals surface area contributed by atoms with Gasteiger partial charge in [-0.3, -0.25) is 24.2 Å². The Hall–Kier alpha value is -6.96. The molecule has 0 saturated carbocycles. The minimum atomic E-state index is -0.816. The molecule has 0 spiro atoms. The third kappa shape index (κ3) is 14.5. The normalized spacial score (nSPS) is 14.5. The maximum Gasteiger partial charge on any atom is 0.251 e. The average molecular weight is 1070 g/mol. The fourth-order valence-electron chi connectivity index (χ4n) is 8.90. The van der Waals surface area contributed by atoms with Crippen molar-refractivity contribution in [3.05, 3.63) is 147 Å². The lowest BCUT2D eigenvalue weighted by Gasteiger charge is -2.35. The van der Waals surface area contributed by atoms with Crippen molar-refractivity contribution in [2.24, 2.45) is 10.4 Å². The van der Waals surface area contributed by atoms with E-state index in [2.05, 4.69) is 31.2 Å². The molecule has 4 amide bonds. The Kier molecular flexibility index (Phi) is 19.1. The molecular formula is C57H63ClFN9O7S. The third-order valence-corrected chi connectivity index (χ3v) is 14.1. The zero-order valence-electron chi connectivity index (χ0n) is 43.1. The van der Waals surface area contributed by atoms with Crippen molar-refractivity contribution < 1.29 is 37.8 Å². The number of aliphatic imine (C=N–C) groups is 1. The molecule has 6 aromatic rings. The molecule has 1 unspecified atom stereocenters. The molecule has 0 radical (unpaired) electrons. The third-order valence-electron chi connectivity index (χ3n) is 12.9. The first kappa shape index (κ1) is 55.3. The Balaban J connectivity index is 0.674. The van der Waals surface area contributed by atoms with Crippen LogP contribution in [-0.2, 0) is 41.7 Å². The number of nitrogens with one attached hydrogen (secondary N) is 4. The Morgan fingerprint density at radius 2 is 1.61 bits per heavy atom. The van der Waals surface area contributed by atoms with E-state index in [9.17, 15) is 23.6 Å². The van der Waals surface area contributed by atoms with Gasteiger partial charge in [-0.1, -0.05) is 74.8 Å². The number of fused-ring (bicyclic) bond motifs is 3. The summed E-state index contributed by atoms with van der Waals surface area (Å²) in [6, 6.07) is 25.4. The van der Waals surface area contributed by atoms with Crippen molar-refractivity contribution in [3.8, 4) is 21.7 Å². The lowest BCUT2D eigenvalue weighted by molar-refractivity contribution is -0.144. The molecule has 2 aliphatic rings. The van der Waals surface area contributed by atoms with Crippen molar-refractivity contribution in [3.63, 3.8) is 0 Å². The standard InChI is InChI=1S/C57H63ClFN9O7S/c1-36-51(76-35-64-36)38-14-12-37(13-15-38)32-62-54(71)47-11-7-24-68(47)55(72)52(57(2,3)4)66-48(69)22-27-73-25-8-26-74-29-30-75-28-23-60-53(70)39-16-19-42(20-17-39)65-56-63-34-40-33-61-50(44-9-5-6-10-46(44)59)45-31-41(58)18-21-43(45)49(40)67-56/h5-6,9-10,12-21,31,34-35,47,52H,7-8,11,22-30,32-33H2,1-4H3,(H,60,70)(H,62,71)(H,66,69)(H,63,65,67)/t47-,52?/m0/s1. The number of halogens is 2. The number of ether oxygens (including phenoxy) is 3. The fourth-order valence-corrected chi connectivity index (χ4v) is 9.89. The Morgan fingerprint density at radius 3 is 2.34 bits per heavy atom. The number of rotatable bonds is 23. The van der Waals surface area contributed by atoms with Gasteiger partial charge >= 0.3 is 0 Å². The summed E-state index contributed by atoms with van der Waals surface area (Å²) in [4.78, 5) is 74.4. The molecule has 8 rings (SSSR count). The van der Waals surface area contributed by atoms with E-state index in [0.717, 1.165) is 32.8 Å². The number of aryl methyl sites for hydroxylation is 1. The fraction of sp³-hybridized carbons (Fsp3) is 0.368. The van der Waals surface area contributed by atoms with Gasteiger partial charge in [-0.2, -0.15) is 0 Å². The smallest absolute Gasteiger partial charge is 0.251 e. The lowest BCUT2D eigenvalue weighted by Crippen LogP contribution is -2.57. The van der Waals surface area contributed by atoms with Crippen LogP contribution in [0, 0.1) is 18.2 Å². The second-order valence-corrected chi connectivity index (χ2v) is 20.8. The zero-order valence-corrected chi connectivity index (χ0v) is 44.7. The van der Waals surface area contributed by atoms with Gasteiger partial charge in [0.05, 0.1) is 60.5 Å². The van der Waals surface area contributed by atoms with Crippen LogP contribution in [0.4, 0.5) is 16.0 Å². The monoisotopic (exact) mass is 1070 g/mol. The molecule has 1 saturated heterocycles. The van der Waals surface area contributed by atoms with Gasteiger partial charge in [0, 0.05) is 84.0 Å². The van der Waals surface area contributed by atoms with E-state index in [-0.39, 0.29) is 49.0 Å². The number of anilines is 2. The first-order valence-electron chi connectivity index (χ1n) is 25.4. The number of carbonyl (C=O) groups is 4. The van der Waals surface area contributed by atoms with Crippen LogP contribution in [-0.4, -0.2) is 114 Å². The maximum atomic E-state index is 14.9. The Labute approximate surface area is 451 Å². The van der Waals surface area contributed by atoms with Crippen molar-refractivity contribution >= 4 is 63.9 Å². The highest BCUT2D eigenvalue weighted by Gasteiger charge is 2.42. The van der Waals surface area contributed by atoms with Crippen LogP contribution in [0.2, 0.25) is 5.02 Å². The van der Waals surface area contributed by atoms with Gasteiger partial charge in [0.25, 0.3) is 5.91 Å². The van der Waals surface area contributed by atoms with Crippen LogP contribution in [0.3, 0.4) is 0 Å². The summed E-state index contributed by atoms with van der Waals surface area (Å²) >= 11 is 8.00. The van der Waals surface area contributed by atoms with Crippen LogP contribution in [0.1, 0.15) is 84.8 Å². The van der Waals surface area contributed by atoms with Gasteiger partial charge in [0.1, 0.15) is 17.9 Å². The predicted octanol–water partition coefficient (Wildman–Crippen LogP) is 8.86. The van der Waals surface area contributed by atoms with E-state index in [4.69, 9.17) is 35.8 Å². The molecule has 2 aliphatic heterocycles. The first-order chi connectivity index (χ1) is 36.7. The van der Waals surface area contributed by atoms with Gasteiger partial charge in [0.2, 0.25) is 23.7 Å². The summed E-state index contributed by atoms with van der Waals surface area (Å²) in [5.74, 6) is -1.06. The van der Waals surface area contributed by atoms with Crippen LogP contribution in [0.25, 0.3) is 21.7 Å². The summed E-state index contributed by atoms with van der Waals surface area (Å²) in [7, 11) is 0. The number of nitrogens with zero attached hydrogens (tertiary/aromatic N) is 5. The van der Waals surface area contributed by atoms with Crippen LogP contribution in [0.15, 0.2) is 108 Å². The number of carbonyl (C=O) groups excluding carboxylic acids is 4. The van der Waals surface area contributed by atoms with E-state index in [1.807, 2.05) is 63.5 Å². The SMILES string of the molecule is Cc1ncsc1-c1ccc(CNC(=O)[C@@H]2CCCN2C(=O)C(NC(=O)CCOCCCOCCOCCNC(=O)c2ccc(Nc3ncc4c(n3)-c3ccc(Cl)cc3C(c3ccccc3F)=NC4)cc2)C(C)(C)C)cc1. The number of likely N-dealkylation sites (tertiary alicyclic amines) is 1. The molecule has 19 heteroatoms. The minimum Gasteiger partial charge on any atom is -0.381 e. The summed E-state index contributed by atoms with van der Waals surface area (Å²) in [6.45, 7) is 11.1. The Bertz CT molecular complexity index is 3020. The van der Waals surface area contributed by atoms with Crippen LogP contribution in [0.5, 0.6) is 0 Å². The van der Waals surface area contributed by atoms with Crippen molar-refractivity contribution in [1.29, 1.82) is 0 Å². The highest BCUT2D eigenvalue weighted by molar-refractivity contribution is 7.13. The molecule has 76 heavy (non-hydrogen) atoms. The second kappa shape index (κ2) is 26.2. The van der Waals surface area contributed by atoms with Crippen molar-refractivity contribution in [2.45, 2.75) is 78.6 Å². The van der Waals surface area contributed by atoms with E-state index in [1.54, 1.807) is 77.0 Å². The molecule has 2 aromatic heterocycles. The molecule has 16 nitrogen and oxygen atoms in total. The summed E-state index contributed by atoms with van der Waals surface area (Å²) in [5, 5.41) is 12.5. The number of thiazole rings is 1. The van der Waals surface area contributed by atoms with Crippen LogP contribution < -0.4 is 21.3 Å². The molecule has 2 atom stereocenters. The predicted molar refractivity (Wildman–Crippen MR) is 292 cm³/mol. The molecule has 4 heterocycles. The van der Waals surface area contributed by atoms with Gasteiger partial charge in [0.15, 0.2) is 0 Å². The molecule has 0 bridgehead atoms. The molecule has 1 fully saturated rings. The van der Waals surface area contributed by atoms with E-state index in [1.165, 1.54) is 6.07 Å². The van der Waals surface area contributed by atoms with Gasteiger partial charge < -0.3 is 40.4 Å². The van der Waals surface area contributed by atoms with E-state index >= 15 is 0 Å². The maximum absolute atomic E-state index is 14.9. The molecule has 4 N–H and O–H groups in total. The molecular weight excluding hydrogens is 1010 g/mol. The van der Waals surface area contributed by atoms with Gasteiger partial charge in [-0.25, -0.2) is 19.3 Å². The lowest BCUT2D eigenvalue weighted by atomic mass is 9.85. The van der Waals surface area contributed by atoms with Crippen molar-refractivity contribution in [2.75, 3.05) is 58.0 Å². The minimum absolute atomic E-state index is 0.0802. The first-order valence-corrected chi connectivity index (χ1v) is 26.7. The van der Waals surface area contributed by atoms with E-state index < -0.39 is 17.5 Å². The molecule has 4 aromatic carbocycles. The highest BCUT2D eigenvalue weighted by Crippen LogP contribution is 2.35. The molecule has 398 valence electrons.